The summed E-state index contributed by atoms with van der Waals surface area (Å²) in [5, 5.41) is 2.95. The van der Waals surface area contributed by atoms with Gasteiger partial charge in [0.1, 0.15) is 0 Å². The fraction of sp³-hybridized carbons (Fsp3) is 0.571. The number of aromatic nitrogens is 1. The Morgan fingerprint density at radius 2 is 2.22 bits per heavy atom. The number of nitrogens with one attached hydrogen (secondary N) is 1. The van der Waals surface area contributed by atoms with E-state index in [0.29, 0.717) is 13.0 Å². The van der Waals surface area contributed by atoms with Crippen molar-refractivity contribution in [2.45, 2.75) is 51.1 Å². The molecule has 2 rings (SSSR count). The number of rotatable bonds is 4. The van der Waals surface area contributed by atoms with Crippen LogP contribution >= 0.6 is 0 Å². The fourth-order valence-corrected chi connectivity index (χ4v) is 2.53. The van der Waals surface area contributed by atoms with Gasteiger partial charge in [0.25, 0.3) is 0 Å². The standard InChI is InChI=1S/C14H21N3O/c1-11-9-16-7-4-12(11)10-17-13(18)8-14(15)5-2-3-6-14/h4,7,9H,2-3,5-6,8,10,15H2,1H3,(H,17,18). The van der Waals surface area contributed by atoms with Crippen LogP contribution in [0.4, 0.5) is 0 Å². The quantitative estimate of drug-likeness (QED) is 0.850. The van der Waals surface area contributed by atoms with Crippen molar-refractivity contribution in [1.82, 2.24) is 10.3 Å². The van der Waals surface area contributed by atoms with Gasteiger partial charge in [-0.05, 0) is 37.0 Å². The van der Waals surface area contributed by atoms with Gasteiger partial charge in [-0.2, -0.15) is 0 Å². The monoisotopic (exact) mass is 247 g/mol. The van der Waals surface area contributed by atoms with Crippen molar-refractivity contribution in [3.63, 3.8) is 0 Å². The Morgan fingerprint density at radius 3 is 2.89 bits per heavy atom. The maximum atomic E-state index is 11.9. The molecule has 1 heterocycles. The fourth-order valence-electron chi connectivity index (χ4n) is 2.53. The summed E-state index contributed by atoms with van der Waals surface area (Å²) in [7, 11) is 0. The molecule has 0 aromatic carbocycles. The zero-order valence-electron chi connectivity index (χ0n) is 10.9. The highest BCUT2D eigenvalue weighted by atomic mass is 16.1. The van der Waals surface area contributed by atoms with Gasteiger partial charge in [-0.1, -0.05) is 12.8 Å². The van der Waals surface area contributed by atoms with Crippen LogP contribution in [0.5, 0.6) is 0 Å². The Kier molecular flexibility index (Phi) is 3.97. The van der Waals surface area contributed by atoms with Crippen LogP contribution in [-0.2, 0) is 11.3 Å². The summed E-state index contributed by atoms with van der Waals surface area (Å²) in [4.78, 5) is 15.9. The molecule has 0 bridgehead atoms. The van der Waals surface area contributed by atoms with E-state index in [1.807, 2.05) is 19.2 Å². The zero-order valence-corrected chi connectivity index (χ0v) is 10.9. The average molecular weight is 247 g/mol. The maximum Gasteiger partial charge on any atom is 0.222 e. The van der Waals surface area contributed by atoms with Crippen LogP contribution in [-0.4, -0.2) is 16.4 Å². The van der Waals surface area contributed by atoms with Crippen LogP contribution in [0.3, 0.4) is 0 Å². The van der Waals surface area contributed by atoms with E-state index in [9.17, 15) is 4.79 Å². The second kappa shape index (κ2) is 5.48. The van der Waals surface area contributed by atoms with Crippen LogP contribution in [0.25, 0.3) is 0 Å². The topological polar surface area (TPSA) is 68.0 Å². The van der Waals surface area contributed by atoms with Crippen molar-refractivity contribution in [1.29, 1.82) is 0 Å². The molecular weight excluding hydrogens is 226 g/mol. The number of aryl methyl sites for hydroxylation is 1. The van der Waals surface area contributed by atoms with Gasteiger partial charge in [-0.3, -0.25) is 9.78 Å². The third-order valence-electron chi connectivity index (χ3n) is 3.72. The van der Waals surface area contributed by atoms with E-state index < -0.39 is 0 Å². The SMILES string of the molecule is Cc1cnccc1CNC(=O)CC1(N)CCCC1. The Morgan fingerprint density at radius 1 is 1.50 bits per heavy atom. The summed E-state index contributed by atoms with van der Waals surface area (Å²) in [6.07, 6.45) is 8.22. The third kappa shape index (κ3) is 3.29. The number of nitrogens with zero attached hydrogens (tertiary/aromatic N) is 1. The van der Waals surface area contributed by atoms with Crippen LogP contribution in [0.2, 0.25) is 0 Å². The second-order valence-corrected chi connectivity index (χ2v) is 5.33. The summed E-state index contributed by atoms with van der Waals surface area (Å²) in [5.41, 5.74) is 8.13. The lowest BCUT2D eigenvalue weighted by molar-refractivity contribution is -0.122. The molecule has 4 heteroatoms. The highest BCUT2D eigenvalue weighted by Crippen LogP contribution is 2.29. The van der Waals surface area contributed by atoms with Crippen molar-refractivity contribution < 1.29 is 4.79 Å². The summed E-state index contributed by atoms with van der Waals surface area (Å²) >= 11 is 0. The van der Waals surface area contributed by atoms with Crippen molar-refractivity contribution in [2.24, 2.45) is 5.73 Å². The molecular formula is C14H21N3O. The molecule has 1 aliphatic rings. The molecule has 0 aliphatic heterocycles. The smallest absolute Gasteiger partial charge is 0.222 e. The second-order valence-electron chi connectivity index (χ2n) is 5.33. The van der Waals surface area contributed by atoms with Gasteiger partial charge in [0.2, 0.25) is 5.91 Å². The number of hydrogen-bond donors (Lipinski definition) is 2. The van der Waals surface area contributed by atoms with Crippen LogP contribution in [0, 0.1) is 6.92 Å². The molecule has 18 heavy (non-hydrogen) atoms. The zero-order chi connectivity index (χ0) is 13.0. The summed E-state index contributed by atoms with van der Waals surface area (Å²) in [6, 6.07) is 1.93. The number of nitrogens with two attached hydrogens (primary N) is 1. The molecule has 0 atom stereocenters. The minimum absolute atomic E-state index is 0.0515. The Bertz CT molecular complexity index is 425. The van der Waals surface area contributed by atoms with Crippen molar-refractivity contribution >= 4 is 5.91 Å². The van der Waals surface area contributed by atoms with Crippen LogP contribution in [0.1, 0.15) is 43.2 Å². The first-order valence-electron chi connectivity index (χ1n) is 6.54. The lowest BCUT2D eigenvalue weighted by atomic mass is 9.94. The van der Waals surface area contributed by atoms with E-state index in [4.69, 9.17) is 5.73 Å². The minimum Gasteiger partial charge on any atom is -0.352 e. The third-order valence-corrected chi connectivity index (χ3v) is 3.72. The predicted octanol–water partition coefficient (Wildman–Crippen LogP) is 1.67. The summed E-state index contributed by atoms with van der Waals surface area (Å²) in [6.45, 7) is 2.55. The van der Waals surface area contributed by atoms with Gasteiger partial charge in [-0.25, -0.2) is 0 Å². The first kappa shape index (κ1) is 13.0. The summed E-state index contributed by atoms with van der Waals surface area (Å²) < 4.78 is 0. The predicted molar refractivity (Wildman–Crippen MR) is 70.8 cm³/mol. The lowest BCUT2D eigenvalue weighted by Gasteiger charge is -2.22. The molecule has 1 aromatic rings. The highest BCUT2D eigenvalue weighted by molar-refractivity contribution is 5.77. The van der Waals surface area contributed by atoms with Gasteiger partial charge in [0.05, 0.1) is 0 Å². The molecule has 1 saturated carbocycles. The van der Waals surface area contributed by atoms with E-state index in [0.717, 1.165) is 36.8 Å². The van der Waals surface area contributed by atoms with E-state index in [2.05, 4.69) is 10.3 Å². The lowest BCUT2D eigenvalue weighted by Crippen LogP contribution is -2.42. The molecule has 3 N–H and O–H groups in total. The first-order chi connectivity index (χ1) is 8.59. The number of hydrogen-bond acceptors (Lipinski definition) is 3. The molecule has 1 amide bonds. The van der Waals surface area contributed by atoms with Gasteiger partial charge < -0.3 is 11.1 Å². The Labute approximate surface area is 108 Å². The van der Waals surface area contributed by atoms with Gasteiger partial charge in [0.15, 0.2) is 0 Å². The number of pyridine rings is 1. The highest BCUT2D eigenvalue weighted by Gasteiger charge is 2.31. The molecule has 98 valence electrons. The molecule has 4 nitrogen and oxygen atoms in total. The first-order valence-corrected chi connectivity index (χ1v) is 6.54. The Balaban J connectivity index is 1.83. The average Bonchev–Trinajstić information content (AvgIpc) is 2.74. The minimum atomic E-state index is -0.266. The van der Waals surface area contributed by atoms with Gasteiger partial charge in [-0.15, -0.1) is 0 Å². The Hall–Kier alpha value is -1.42. The molecule has 0 saturated heterocycles. The summed E-state index contributed by atoms with van der Waals surface area (Å²) in [5.74, 6) is 0.0515. The van der Waals surface area contributed by atoms with Gasteiger partial charge >= 0.3 is 0 Å². The molecule has 0 unspecified atom stereocenters. The van der Waals surface area contributed by atoms with E-state index >= 15 is 0 Å². The van der Waals surface area contributed by atoms with E-state index in [1.165, 1.54) is 0 Å². The van der Waals surface area contributed by atoms with Crippen molar-refractivity contribution in [3.05, 3.63) is 29.6 Å². The normalized spacial score (nSPS) is 17.7. The van der Waals surface area contributed by atoms with Crippen LogP contribution < -0.4 is 11.1 Å². The molecule has 1 aliphatic carbocycles. The van der Waals surface area contributed by atoms with E-state index in [-0.39, 0.29) is 11.4 Å². The molecule has 1 aromatic heterocycles. The van der Waals surface area contributed by atoms with Crippen molar-refractivity contribution in [2.75, 3.05) is 0 Å². The van der Waals surface area contributed by atoms with Crippen molar-refractivity contribution in [3.8, 4) is 0 Å². The molecule has 1 fully saturated rings. The number of amides is 1. The van der Waals surface area contributed by atoms with Crippen LogP contribution in [0.15, 0.2) is 18.5 Å². The number of carbonyl (C=O) groups excluding carboxylic acids is 1. The largest absolute Gasteiger partial charge is 0.352 e. The van der Waals surface area contributed by atoms with E-state index in [1.54, 1.807) is 6.20 Å². The molecule has 0 radical (unpaired) electrons. The maximum absolute atomic E-state index is 11.9. The number of carbonyl (C=O) groups is 1. The van der Waals surface area contributed by atoms with Gasteiger partial charge in [0, 0.05) is 30.9 Å². The molecule has 0 spiro atoms.